The highest BCUT2D eigenvalue weighted by atomic mass is 35.5. The Morgan fingerprint density at radius 1 is 1.06 bits per heavy atom. The summed E-state index contributed by atoms with van der Waals surface area (Å²) in [5.41, 5.74) is 0. The van der Waals surface area contributed by atoms with E-state index in [1.807, 2.05) is 18.2 Å². The second kappa shape index (κ2) is 5.29. The highest BCUT2D eigenvalue weighted by Gasteiger charge is 2.11. The Hall–Kier alpha value is -1.39. The Morgan fingerprint density at radius 3 is 2.24 bits per heavy atom. The van der Waals surface area contributed by atoms with E-state index in [9.17, 15) is 4.39 Å². The van der Waals surface area contributed by atoms with Crippen LogP contribution < -0.4 is 4.74 Å². The molecule has 3 nitrogen and oxygen atoms in total. The predicted octanol–water partition coefficient (Wildman–Crippen LogP) is 3.50. The molecule has 0 unspecified atom stereocenters. The van der Waals surface area contributed by atoms with Crippen LogP contribution in [0.2, 0.25) is 10.3 Å². The zero-order chi connectivity index (χ0) is 12.3. The second-order valence-electron chi connectivity index (χ2n) is 3.14. The average molecular weight is 273 g/mol. The van der Waals surface area contributed by atoms with Crippen LogP contribution in [-0.4, -0.2) is 9.97 Å². The van der Waals surface area contributed by atoms with Crippen molar-refractivity contribution in [3.8, 4) is 5.75 Å². The fraction of sp³-hybridized carbons (Fsp3) is 0.0909. The molecule has 0 bridgehead atoms. The highest BCUT2D eigenvalue weighted by Crippen LogP contribution is 2.19. The lowest BCUT2D eigenvalue weighted by molar-refractivity contribution is 0.295. The van der Waals surface area contributed by atoms with Gasteiger partial charge >= 0.3 is 0 Å². The van der Waals surface area contributed by atoms with Gasteiger partial charge in [0, 0.05) is 0 Å². The van der Waals surface area contributed by atoms with E-state index in [2.05, 4.69) is 9.97 Å². The summed E-state index contributed by atoms with van der Waals surface area (Å²) in [7, 11) is 0. The lowest BCUT2D eigenvalue weighted by Crippen LogP contribution is -2.03. The van der Waals surface area contributed by atoms with Gasteiger partial charge in [-0.3, -0.25) is 0 Å². The summed E-state index contributed by atoms with van der Waals surface area (Å²) in [5, 5.41) is -0.617. The quantitative estimate of drug-likeness (QED) is 0.803. The summed E-state index contributed by atoms with van der Waals surface area (Å²) in [4.78, 5) is 7.44. The number of hydrogen-bond donors (Lipinski definition) is 0. The number of nitrogens with zero attached hydrogens (tertiary/aromatic N) is 2. The Bertz CT molecular complexity index is 499. The number of hydrogen-bond acceptors (Lipinski definition) is 3. The van der Waals surface area contributed by atoms with E-state index in [4.69, 9.17) is 27.9 Å². The third kappa shape index (κ3) is 3.05. The number of halogens is 3. The van der Waals surface area contributed by atoms with Crippen LogP contribution in [0.4, 0.5) is 4.39 Å². The van der Waals surface area contributed by atoms with Crippen molar-refractivity contribution in [2.75, 3.05) is 0 Å². The maximum atomic E-state index is 13.0. The molecule has 0 N–H and O–H groups in total. The van der Waals surface area contributed by atoms with Crippen LogP contribution >= 0.6 is 23.2 Å². The molecule has 0 aliphatic carbocycles. The minimum atomic E-state index is -0.822. The normalized spacial score (nSPS) is 10.3. The van der Waals surface area contributed by atoms with Crippen LogP contribution in [0.3, 0.4) is 0 Å². The van der Waals surface area contributed by atoms with Gasteiger partial charge in [0.1, 0.15) is 12.4 Å². The minimum Gasteiger partial charge on any atom is -0.486 e. The summed E-state index contributed by atoms with van der Waals surface area (Å²) in [6, 6.07) is 9.11. The number of benzene rings is 1. The van der Waals surface area contributed by atoms with Crippen LogP contribution in [0.15, 0.2) is 30.3 Å². The number of aromatic nitrogens is 2. The Morgan fingerprint density at radius 2 is 1.65 bits per heavy atom. The summed E-state index contributed by atoms with van der Waals surface area (Å²) in [5.74, 6) is 0.0646. The first-order valence-corrected chi connectivity index (χ1v) is 5.47. The van der Waals surface area contributed by atoms with Crippen molar-refractivity contribution in [2.45, 2.75) is 6.61 Å². The van der Waals surface area contributed by atoms with Crippen LogP contribution in [0.25, 0.3) is 0 Å². The summed E-state index contributed by atoms with van der Waals surface area (Å²) >= 11 is 11.1. The molecule has 1 aromatic heterocycles. The summed E-state index contributed by atoms with van der Waals surface area (Å²) in [6.07, 6.45) is 0. The van der Waals surface area contributed by atoms with Gasteiger partial charge in [0.25, 0.3) is 0 Å². The fourth-order valence-electron chi connectivity index (χ4n) is 1.16. The molecule has 0 atom stereocenters. The maximum absolute atomic E-state index is 13.0. The summed E-state index contributed by atoms with van der Waals surface area (Å²) < 4.78 is 18.4. The molecule has 0 aliphatic rings. The fourth-order valence-corrected chi connectivity index (χ4v) is 1.59. The molecule has 2 aromatic rings. The van der Waals surface area contributed by atoms with E-state index in [1.165, 1.54) is 0 Å². The molecule has 2 rings (SSSR count). The van der Waals surface area contributed by atoms with E-state index >= 15 is 0 Å². The summed E-state index contributed by atoms with van der Waals surface area (Å²) in [6.45, 7) is 0.0731. The van der Waals surface area contributed by atoms with Gasteiger partial charge in [-0.05, 0) is 12.1 Å². The third-order valence-corrected chi connectivity index (χ3v) is 2.43. The molecular weight excluding hydrogens is 266 g/mol. The van der Waals surface area contributed by atoms with Crippen LogP contribution in [-0.2, 0) is 6.61 Å². The molecule has 0 spiro atoms. The van der Waals surface area contributed by atoms with Crippen molar-refractivity contribution in [1.82, 2.24) is 9.97 Å². The molecule has 6 heteroatoms. The van der Waals surface area contributed by atoms with E-state index in [-0.39, 0.29) is 22.7 Å². The second-order valence-corrected chi connectivity index (χ2v) is 3.85. The first-order valence-electron chi connectivity index (χ1n) is 4.72. The van der Waals surface area contributed by atoms with Gasteiger partial charge in [-0.15, -0.1) is 0 Å². The monoisotopic (exact) mass is 272 g/mol. The van der Waals surface area contributed by atoms with Crippen LogP contribution in [0.1, 0.15) is 5.82 Å². The average Bonchev–Trinajstić information content (AvgIpc) is 2.34. The van der Waals surface area contributed by atoms with E-state index in [0.29, 0.717) is 5.75 Å². The smallest absolute Gasteiger partial charge is 0.197 e. The SMILES string of the molecule is Fc1c(Cl)nc(COc2ccccc2)nc1Cl. The first kappa shape index (κ1) is 12.1. The molecular formula is C11H7Cl2FN2O. The van der Waals surface area contributed by atoms with Crippen LogP contribution in [0, 0.1) is 5.82 Å². The largest absolute Gasteiger partial charge is 0.486 e. The van der Waals surface area contributed by atoms with Crippen molar-refractivity contribution in [1.29, 1.82) is 0 Å². The number of ether oxygens (including phenoxy) is 1. The van der Waals surface area contributed by atoms with E-state index < -0.39 is 5.82 Å². The van der Waals surface area contributed by atoms with Crippen molar-refractivity contribution >= 4 is 23.2 Å². The van der Waals surface area contributed by atoms with Gasteiger partial charge < -0.3 is 4.74 Å². The van der Waals surface area contributed by atoms with Crippen molar-refractivity contribution < 1.29 is 9.13 Å². The van der Waals surface area contributed by atoms with Gasteiger partial charge in [0.05, 0.1) is 0 Å². The van der Waals surface area contributed by atoms with Gasteiger partial charge in [-0.25, -0.2) is 14.4 Å². The molecule has 0 radical (unpaired) electrons. The zero-order valence-corrected chi connectivity index (χ0v) is 10.0. The molecule has 88 valence electrons. The lowest BCUT2D eigenvalue weighted by atomic mass is 10.3. The van der Waals surface area contributed by atoms with E-state index in [0.717, 1.165) is 0 Å². The molecule has 17 heavy (non-hydrogen) atoms. The van der Waals surface area contributed by atoms with Crippen molar-refractivity contribution in [3.05, 3.63) is 52.3 Å². The minimum absolute atomic E-state index is 0.0731. The van der Waals surface area contributed by atoms with Gasteiger partial charge in [0.2, 0.25) is 0 Å². The van der Waals surface area contributed by atoms with Crippen molar-refractivity contribution in [2.24, 2.45) is 0 Å². The van der Waals surface area contributed by atoms with Gasteiger partial charge in [-0.2, -0.15) is 0 Å². The topological polar surface area (TPSA) is 35.0 Å². The lowest BCUT2D eigenvalue weighted by Gasteiger charge is -2.05. The molecule has 0 amide bonds. The highest BCUT2D eigenvalue weighted by molar-refractivity contribution is 6.33. The van der Waals surface area contributed by atoms with Gasteiger partial charge in [-0.1, -0.05) is 41.4 Å². The molecule has 0 fully saturated rings. The van der Waals surface area contributed by atoms with Gasteiger partial charge in [0.15, 0.2) is 21.9 Å². The molecule has 1 aromatic carbocycles. The third-order valence-electron chi connectivity index (χ3n) is 1.93. The standard InChI is InChI=1S/C11H7Cl2FN2O/c12-10-9(14)11(13)16-8(15-10)6-17-7-4-2-1-3-5-7/h1-5H,6H2. The van der Waals surface area contributed by atoms with Crippen molar-refractivity contribution in [3.63, 3.8) is 0 Å². The first-order chi connectivity index (χ1) is 8.16. The Balaban J connectivity index is 2.10. The van der Waals surface area contributed by atoms with E-state index in [1.54, 1.807) is 12.1 Å². The Labute approximate surface area is 107 Å². The number of para-hydroxylation sites is 1. The number of rotatable bonds is 3. The molecule has 0 aliphatic heterocycles. The zero-order valence-electron chi connectivity index (χ0n) is 8.53. The maximum Gasteiger partial charge on any atom is 0.197 e. The van der Waals surface area contributed by atoms with Crippen LogP contribution in [0.5, 0.6) is 5.75 Å². The Kier molecular flexibility index (Phi) is 3.76. The predicted molar refractivity (Wildman–Crippen MR) is 62.8 cm³/mol. The molecule has 0 saturated carbocycles. The molecule has 0 saturated heterocycles. The molecule has 1 heterocycles.